The molecule has 0 aliphatic heterocycles. The van der Waals surface area contributed by atoms with Gasteiger partial charge in [0.15, 0.2) is 5.78 Å². The summed E-state index contributed by atoms with van der Waals surface area (Å²) in [6.45, 7) is 11.7. The van der Waals surface area contributed by atoms with Gasteiger partial charge in [-0.2, -0.15) is 0 Å². The van der Waals surface area contributed by atoms with E-state index in [0.717, 1.165) is 29.2 Å². The molecule has 2 rings (SSSR count). The Morgan fingerprint density at radius 1 is 1.18 bits per heavy atom. The molecule has 3 heteroatoms. The molecule has 0 N–H and O–H groups in total. The summed E-state index contributed by atoms with van der Waals surface area (Å²) in [6.07, 6.45) is 0. The molecule has 22 heavy (non-hydrogen) atoms. The van der Waals surface area contributed by atoms with E-state index in [1.54, 1.807) is 0 Å². The van der Waals surface area contributed by atoms with Crippen molar-refractivity contribution in [2.45, 2.75) is 40.7 Å². The second-order valence-corrected chi connectivity index (χ2v) is 6.02. The SMILES string of the molecule is CCN(CC(=O)c1cc(C)n(C(C)C)c1C)c1ccccc1. The minimum absolute atomic E-state index is 0.186. The molecular weight excluding hydrogens is 272 g/mol. The molecule has 1 aromatic carbocycles. The maximum absolute atomic E-state index is 12.7. The molecule has 0 saturated carbocycles. The van der Waals surface area contributed by atoms with Crippen molar-refractivity contribution in [3.8, 4) is 0 Å². The molecule has 1 heterocycles. The standard InChI is InChI=1S/C19H26N2O/c1-6-20(17-10-8-7-9-11-17)13-19(22)18-12-15(4)21(14(2)3)16(18)5/h7-12,14H,6,13H2,1-5H3. The number of likely N-dealkylation sites (N-methyl/N-ethyl adjacent to an activating group) is 1. The lowest BCUT2D eigenvalue weighted by molar-refractivity contribution is 0.0998. The third-order valence-corrected chi connectivity index (χ3v) is 4.14. The van der Waals surface area contributed by atoms with Crippen molar-refractivity contribution in [3.05, 3.63) is 53.3 Å². The molecule has 0 aliphatic rings. The van der Waals surface area contributed by atoms with E-state index in [1.807, 2.05) is 43.3 Å². The van der Waals surface area contributed by atoms with Crippen LogP contribution in [0.2, 0.25) is 0 Å². The van der Waals surface area contributed by atoms with Gasteiger partial charge in [-0.1, -0.05) is 18.2 Å². The van der Waals surface area contributed by atoms with E-state index in [1.165, 1.54) is 0 Å². The van der Waals surface area contributed by atoms with Gasteiger partial charge in [-0.25, -0.2) is 0 Å². The molecule has 118 valence electrons. The Morgan fingerprint density at radius 3 is 2.32 bits per heavy atom. The predicted molar refractivity (Wildman–Crippen MR) is 93.0 cm³/mol. The number of carbonyl (C=O) groups excluding carboxylic acids is 1. The van der Waals surface area contributed by atoms with Crippen molar-refractivity contribution >= 4 is 11.5 Å². The molecule has 0 saturated heterocycles. The maximum atomic E-state index is 12.7. The van der Waals surface area contributed by atoms with Crippen LogP contribution in [0.5, 0.6) is 0 Å². The summed E-state index contributed by atoms with van der Waals surface area (Å²) < 4.78 is 2.23. The predicted octanol–water partition coefficient (Wildman–Crippen LogP) is 4.40. The number of benzene rings is 1. The highest BCUT2D eigenvalue weighted by Crippen LogP contribution is 2.21. The largest absolute Gasteiger partial charge is 0.364 e. The fourth-order valence-electron chi connectivity index (χ4n) is 3.14. The molecule has 2 aromatic rings. The van der Waals surface area contributed by atoms with Crippen molar-refractivity contribution in [1.29, 1.82) is 0 Å². The molecule has 0 amide bonds. The van der Waals surface area contributed by atoms with Gasteiger partial charge in [-0.05, 0) is 52.8 Å². The van der Waals surface area contributed by atoms with E-state index in [4.69, 9.17) is 0 Å². The zero-order valence-electron chi connectivity index (χ0n) is 14.3. The van der Waals surface area contributed by atoms with Gasteiger partial charge in [-0.3, -0.25) is 4.79 Å². The number of anilines is 1. The Morgan fingerprint density at radius 2 is 1.82 bits per heavy atom. The number of nitrogens with zero attached hydrogens (tertiary/aromatic N) is 2. The first-order chi connectivity index (χ1) is 10.5. The Balaban J connectivity index is 2.24. The highest BCUT2D eigenvalue weighted by atomic mass is 16.1. The van der Waals surface area contributed by atoms with Gasteiger partial charge < -0.3 is 9.47 Å². The number of aromatic nitrogens is 1. The number of rotatable bonds is 6. The zero-order chi connectivity index (χ0) is 16.3. The van der Waals surface area contributed by atoms with Gasteiger partial charge in [-0.15, -0.1) is 0 Å². The van der Waals surface area contributed by atoms with Crippen LogP contribution in [0.4, 0.5) is 5.69 Å². The summed E-state index contributed by atoms with van der Waals surface area (Å²) in [5.41, 5.74) is 4.16. The Bertz CT molecular complexity index is 641. The quantitative estimate of drug-likeness (QED) is 0.739. The fraction of sp³-hybridized carbons (Fsp3) is 0.421. The summed E-state index contributed by atoms with van der Waals surface area (Å²) in [6, 6.07) is 12.5. The van der Waals surface area contributed by atoms with Crippen molar-refractivity contribution < 1.29 is 4.79 Å². The lowest BCUT2D eigenvalue weighted by Crippen LogP contribution is -2.29. The van der Waals surface area contributed by atoms with Crippen molar-refractivity contribution in [3.63, 3.8) is 0 Å². The molecule has 0 aliphatic carbocycles. The minimum atomic E-state index is 0.186. The first kappa shape index (κ1) is 16.3. The molecule has 0 fully saturated rings. The molecule has 0 bridgehead atoms. The average Bonchev–Trinajstić information content (AvgIpc) is 2.80. The zero-order valence-corrected chi connectivity index (χ0v) is 14.3. The van der Waals surface area contributed by atoms with Crippen LogP contribution < -0.4 is 4.90 Å². The van der Waals surface area contributed by atoms with Crippen LogP contribution in [-0.2, 0) is 0 Å². The summed E-state index contributed by atoms with van der Waals surface area (Å²) in [4.78, 5) is 14.9. The highest BCUT2D eigenvalue weighted by Gasteiger charge is 2.19. The number of Topliss-reactive ketones (excluding diaryl/α,β-unsaturated/α-hetero) is 1. The van der Waals surface area contributed by atoms with E-state index in [9.17, 15) is 4.79 Å². The second-order valence-electron chi connectivity index (χ2n) is 6.02. The van der Waals surface area contributed by atoms with Gasteiger partial charge in [0, 0.05) is 35.2 Å². The minimum Gasteiger partial charge on any atom is -0.364 e. The van der Waals surface area contributed by atoms with Crippen LogP contribution in [-0.4, -0.2) is 23.4 Å². The lowest BCUT2D eigenvalue weighted by atomic mass is 10.1. The number of ketones is 1. The average molecular weight is 298 g/mol. The second kappa shape index (κ2) is 6.82. The van der Waals surface area contributed by atoms with E-state index in [0.29, 0.717) is 12.6 Å². The first-order valence-corrected chi connectivity index (χ1v) is 7.97. The van der Waals surface area contributed by atoms with Crippen LogP contribution in [0.3, 0.4) is 0 Å². The van der Waals surface area contributed by atoms with Gasteiger partial charge in [0.2, 0.25) is 0 Å². The summed E-state index contributed by atoms with van der Waals surface area (Å²) in [5, 5.41) is 0. The van der Waals surface area contributed by atoms with Crippen molar-refractivity contribution in [2.75, 3.05) is 18.0 Å². The van der Waals surface area contributed by atoms with Crippen LogP contribution in [0.25, 0.3) is 0 Å². The molecule has 3 nitrogen and oxygen atoms in total. The molecule has 0 atom stereocenters. The van der Waals surface area contributed by atoms with E-state index in [2.05, 4.69) is 37.2 Å². The van der Waals surface area contributed by atoms with E-state index in [-0.39, 0.29) is 5.78 Å². The van der Waals surface area contributed by atoms with Gasteiger partial charge >= 0.3 is 0 Å². The number of aryl methyl sites for hydroxylation is 1. The third-order valence-electron chi connectivity index (χ3n) is 4.14. The summed E-state index contributed by atoms with van der Waals surface area (Å²) in [5.74, 6) is 0.186. The Labute approximate surface area is 133 Å². The molecular formula is C19H26N2O. The third kappa shape index (κ3) is 3.24. The molecule has 0 spiro atoms. The van der Waals surface area contributed by atoms with Crippen LogP contribution in [0, 0.1) is 13.8 Å². The van der Waals surface area contributed by atoms with Crippen LogP contribution >= 0.6 is 0 Å². The smallest absolute Gasteiger partial charge is 0.183 e. The van der Waals surface area contributed by atoms with Crippen molar-refractivity contribution in [1.82, 2.24) is 4.57 Å². The molecule has 0 unspecified atom stereocenters. The van der Waals surface area contributed by atoms with Crippen LogP contribution in [0.15, 0.2) is 36.4 Å². The van der Waals surface area contributed by atoms with Crippen LogP contribution in [0.1, 0.15) is 48.6 Å². The lowest BCUT2D eigenvalue weighted by Gasteiger charge is -2.22. The van der Waals surface area contributed by atoms with E-state index < -0.39 is 0 Å². The molecule has 1 aromatic heterocycles. The van der Waals surface area contributed by atoms with Crippen molar-refractivity contribution in [2.24, 2.45) is 0 Å². The maximum Gasteiger partial charge on any atom is 0.183 e. The summed E-state index contributed by atoms with van der Waals surface area (Å²) >= 11 is 0. The number of hydrogen-bond acceptors (Lipinski definition) is 2. The summed E-state index contributed by atoms with van der Waals surface area (Å²) in [7, 11) is 0. The normalized spacial score (nSPS) is 11.0. The Kier molecular flexibility index (Phi) is 5.07. The monoisotopic (exact) mass is 298 g/mol. The number of carbonyl (C=O) groups is 1. The molecule has 0 radical (unpaired) electrons. The van der Waals surface area contributed by atoms with Gasteiger partial charge in [0.25, 0.3) is 0 Å². The topological polar surface area (TPSA) is 25.2 Å². The fourth-order valence-corrected chi connectivity index (χ4v) is 3.14. The number of hydrogen-bond donors (Lipinski definition) is 0. The first-order valence-electron chi connectivity index (χ1n) is 7.97. The van der Waals surface area contributed by atoms with Gasteiger partial charge in [0.1, 0.15) is 0 Å². The highest BCUT2D eigenvalue weighted by molar-refractivity contribution is 6.00. The van der Waals surface area contributed by atoms with Gasteiger partial charge in [0.05, 0.1) is 6.54 Å². The Hall–Kier alpha value is -2.03. The number of para-hydroxylation sites is 1. The van der Waals surface area contributed by atoms with E-state index >= 15 is 0 Å².